The number of nitrogens with zero attached hydrogens (tertiary/aromatic N) is 3. The van der Waals surface area contributed by atoms with Crippen molar-refractivity contribution >= 4 is 28.8 Å². The Morgan fingerprint density at radius 2 is 2.19 bits per heavy atom. The van der Waals surface area contributed by atoms with E-state index >= 15 is 0 Å². The molecule has 26 heavy (non-hydrogen) atoms. The fourth-order valence-electron chi connectivity index (χ4n) is 2.60. The summed E-state index contributed by atoms with van der Waals surface area (Å²) in [7, 11) is 3.01. The average Bonchev–Trinajstić information content (AvgIpc) is 2.96. The molecule has 1 amide bonds. The minimum Gasteiger partial charge on any atom is -0.438 e. The molecule has 0 aliphatic rings. The maximum atomic E-state index is 12.2. The van der Waals surface area contributed by atoms with Gasteiger partial charge in [0, 0.05) is 23.6 Å². The van der Waals surface area contributed by atoms with Gasteiger partial charge in [-0.05, 0) is 25.1 Å². The number of oxime groups is 1. The largest absolute Gasteiger partial charge is 0.438 e. The topological polar surface area (TPSA) is 128 Å². The fourth-order valence-corrected chi connectivity index (χ4v) is 2.60. The maximum Gasteiger partial charge on any atom is 0.253 e. The number of hydrogen-bond donors (Lipinski definition) is 3. The highest BCUT2D eigenvalue weighted by Crippen LogP contribution is 2.30. The molecule has 0 bridgehead atoms. The van der Waals surface area contributed by atoms with E-state index < -0.39 is 0 Å². The predicted molar refractivity (Wildman–Crippen MR) is 97.5 cm³/mol. The van der Waals surface area contributed by atoms with E-state index in [0.717, 1.165) is 16.6 Å². The van der Waals surface area contributed by atoms with Gasteiger partial charge in [0.15, 0.2) is 0 Å². The normalized spacial score (nSPS) is 11.0. The standard InChI is InChI=1S/C17H18N6O3/c1-9-14(16(24)19-2)11-6-10(4-5-13(11)23-9)26-17-12(7-22-25-3)15(18)20-8-21-17/h4-8,23H,1-3H3,(H,19,24)(H2,18,20,21). The number of anilines is 1. The molecule has 2 aromatic heterocycles. The van der Waals surface area contributed by atoms with Crippen molar-refractivity contribution in [3.05, 3.63) is 41.3 Å². The third-order valence-corrected chi connectivity index (χ3v) is 3.79. The van der Waals surface area contributed by atoms with Crippen LogP contribution in [0, 0.1) is 6.92 Å². The Balaban J connectivity index is 2.04. The first-order valence-electron chi connectivity index (χ1n) is 7.74. The van der Waals surface area contributed by atoms with Crippen molar-refractivity contribution in [3.8, 4) is 11.6 Å². The van der Waals surface area contributed by atoms with Crippen LogP contribution in [0.25, 0.3) is 10.9 Å². The quantitative estimate of drug-likeness (QED) is 0.475. The Hall–Kier alpha value is -3.62. The summed E-state index contributed by atoms with van der Waals surface area (Å²) in [6.45, 7) is 1.84. The van der Waals surface area contributed by atoms with Gasteiger partial charge in [-0.1, -0.05) is 5.16 Å². The highest BCUT2D eigenvalue weighted by Gasteiger charge is 2.16. The smallest absolute Gasteiger partial charge is 0.253 e. The Morgan fingerprint density at radius 3 is 2.92 bits per heavy atom. The van der Waals surface area contributed by atoms with Crippen molar-refractivity contribution < 1.29 is 14.4 Å². The molecule has 0 atom stereocenters. The highest BCUT2D eigenvalue weighted by molar-refractivity contribution is 6.08. The number of aromatic amines is 1. The van der Waals surface area contributed by atoms with E-state index in [0.29, 0.717) is 16.9 Å². The number of nitrogens with two attached hydrogens (primary N) is 1. The lowest BCUT2D eigenvalue weighted by molar-refractivity contribution is 0.0964. The summed E-state index contributed by atoms with van der Waals surface area (Å²) in [6, 6.07) is 5.36. The van der Waals surface area contributed by atoms with Crippen molar-refractivity contribution in [2.75, 3.05) is 19.9 Å². The number of rotatable bonds is 5. The van der Waals surface area contributed by atoms with Crippen LogP contribution in [0.15, 0.2) is 29.7 Å². The molecular formula is C17H18N6O3. The van der Waals surface area contributed by atoms with Crippen LogP contribution in [0.5, 0.6) is 11.6 Å². The first kappa shape index (κ1) is 17.2. The maximum absolute atomic E-state index is 12.2. The minimum absolute atomic E-state index is 0.176. The van der Waals surface area contributed by atoms with Gasteiger partial charge < -0.3 is 25.6 Å². The third-order valence-electron chi connectivity index (χ3n) is 3.79. The lowest BCUT2D eigenvalue weighted by Crippen LogP contribution is -2.18. The van der Waals surface area contributed by atoms with E-state index in [1.54, 1.807) is 19.2 Å². The predicted octanol–water partition coefficient (Wildman–Crippen LogP) is 1.98. The molecule has 4 N–H and O–H groups in total. The monoisotopic (exact) mass is 354 g/mol. The number of nitrogens with one attached hydrogen (secondary N) is 2. The Bertz CT molecular complexity index is 996. The number of hydrogen-bond acceptors (Lipinski definition) is 7. The fraction of sp³-hybridized carbons (Fsp3) is 0.176. The van der Waals surface area contributed by atoms with Crippen LogP contribution in [0.1, 0.15) is 21.6 Å². The Morgan fingerprint density at radius 1 is 1.38 bits per heavy atom. The first-order chi connectivity index (χ1) is 12.5. The summed E-state index contributed by atoms with van der Waals surface area (Å²) in [5.74, 6) is 0.753. The molecule has 9 nitrogen and oxygen atoms in total. The lowest BCUT2D eigenvalue weighted by Gasteiger charge is -2.09. The molecule has 9 heteroatoms. The zero-order valence-corrected chi connectivity index (χ0v) is 14.5. The van der Waals surface area contributed by atoms with Crippen molar-refractivity contribution in [2.45, 2.75) is 6.92 Å². The molecule has 0 spiro atoms. The zero-order chi connectivity index (χ0) is 18.7. The number of ether oxygens (including phenoxy) is 1. The molecule has 134 valence electrons. The Labute approximate surface area is 149 Å². The second-order valence-electron chi connectivity index (χ2n) is 5.41. The number of benzene rings is 1. The second kappa shape index (κ2) is 7.09. The summed E-state index contributed by atoms with van der Waals surface area (Å²) >= 11 is 0. The summed E-state index contributed by atoms with van der Waals surface area (Å²) in [5, 5.41) is 7.07. The van der Waals surface area contributed by atoms with Crippen LogP contribution >= 0.6 is 0 Å². The number of H-pyrrole nitrogens is 1. The molecular weight excluding hydrogens is 336 g/mol. The van der Waals surface area contributed by atoms with E-state index in [4.69, 9.17) is 10.5 Å². The van der Waals surface area contributed by atoms with Gasteiger partial charge in [0.1, 0.15) is 30.6 Å². The van der Waals surface area contributed by atoms with Gasteiger partial charge in [0.05, 0.1) is 11.8 Å². The van der Waals surface area contributed by atoms with Crippen LogP contribution in [-0.4, -0.2) is 41.2 Å². The van der Waals surface area contributed by atoms with Gasteiger partial charge in [0.2, 0.25) is 5.88 Å². The van der Waals surface area contributed by atoms with E-state index in [2.05, 4.69) is 30.3 Å². The van der Waals surface area contributed by atoms with Crippen LogP contribution in [0.4, 0.5) is 5.82 Å². The van der Waals surface area contributed by atoms with E-state index in [9.17, 15) is 4.79 Å². The number of amides is 1. The average molecular weight is 354 g/mol. The van der Waals surface area contributed by atoms with Gasteiger partial charge in [-0.2, -0.15) is 0 Å². The van der Waals surface area contributed by atoms with E-state index in [-0.39, 0.29) is 17.6 Å². The number of aromatic nitrogens is 3. The number of aryl methyl sites for hydroxylation is 1. The number of carbonyl (C=O) groups is 1. The SMILES string of the molecule is CNC(=O)c1c(C)[nH]c2ccc(Oc3ncnc(N)c3C=NOC)cc12. The van der Waals surface area contributed by atoms with Crippen LogP contribution < -0.4 is 15.8 Å². The van der Waals surface area contributed by atoms with Crippen LogP contribution in [0.2, 0.25) is 0 Å². The number of nitrogen functional groups attached to an aromatic ring is 1. The van der Waals surface area contributed by atoms with E-state index in [1.165, 1.54) is 19.7 Å². The molecule has 0 fully saturated rings. The lowest BCUT2D eigenvalue weighted by atomic mass is 10.1. The highest BCUT2D eigenvalue weighted by atomic mass is 16.6. The summed E-state index contributed by atoms with van der Waals surface area (Å²) in [4.78, 5) is 28.0. The molecule has 0 aliphatic carbocycles. The molecule has 3 rings (SSSR count). The summed E-state index contributed by atoms with van der Waals surface area (Å²) < 4.78 is 5.85. The molecule has 0 saturated heterocycles. The second-order valence-corrected chi connectivity index (χ2v) is 5.41. The molecule has 3 aromatic rings. The minimum atomic E-state index is -0.176. The van der Waals surface area contributed by atoms with Crippen molar-refractivity contribution in [3.63, 3.8) is 0 Å². The first-order valence-corrected chi connectivity index (χ1v) is 7.74. The van der Waals surface area contributed by atoms with Gasteiger partial charge in [0.25, 0.3) is 5.91 Å². The molecule has 0 aliphatic heterocycles. The van der Waals surface area contributed by atoms with Crippen LogP contribution in [-0.2, 0) is 4.84 Å². The summed E-state index contributed by atoms with van der Waals surface area (Å²) in [6.07, 6.45) is 2.67. The van der Waals surface area contributed by atoms with Gasteiger partial charge in [-0.15, -0.1) is 0 Å². The molecule has 0 saturated carbocycles. The number of carbonyl (C=O) groups excluding carboxylic acids is 1. The zero-order valence-electron chi connectivity index (χ0n) is 14.5. The van der Waals surface area contributed by atoms with Crippen molar-refractivity contribution in [1.82, 2.24) is 20.3 Å². The molecule has 1 aromatic carbocycles. The third kappa shape index (κ3) is 3.14. The molecule has 2 heterocycles. The van der Waals surface area contributed by atoms with Gasteiger partial charge in [-0.3, -0.25) is 4.79 Å². The summed E-state index contributed by atoms with van der Waals surface area (Å²) in [5.41, 5.74) is 8.42. The Kier molecular flexibility index (Phi) is 4.70. The number of fused-ring (bicyclic) bond motifs is 1. The molecule has 0 unspecified atom stereocenters. The van der Waals surface area contributed by atoms with E-state index in [1.807, 2.05) is 13.0 Å². The van der Waals surface area contributed by atoms with Gasteiger partial charge >= 0.3 is 0 Å². The van der Waals surface area contributed by atoms with Crippen molar-refractivity contribution in [2.24, 2.45) is 5.16 Å². The van der Waals surface area contributed by atoms with Crippen LogP contribution in [0.3, 0.4) is 0 Å². The van der Waals surface area contributed by atoms with Gasteiger partial charge in [-0.25, -0.2) is 9.97 Å². The van der Waals surface area contributed by atoms with Crippen molar-refractivity contribution in [1.29, 1.82) is 0 Å². The molecule has 0 radical (unpaired) electrons.